The molecule has 6 N–H and O–H groups in total. The number of carbonyl (C=O) groups is 6. The molecule has 37 heavy (non-hydrogen) atoms. The number of benzene rings is 2. The molecule has 0 aliphatic carbocycles. The van der Waals surface area contributed by atoms with Crippen molar-refractivity contribution in [1.29, 1.82) is 0 Å². The summed E-state index contributed by atoms with van der Waals surface area (Å²) in [6.07, 6.45) is -3.48. The number of esters is 2. The second-order valence-corrected chi connectivity index (χ2v) is 7.28. The van der Waals surface area contributed by atoms with Crippen molar-refractivity contribution >= 4 is 35.8 Å². The largest absolute Gasteiger partial charge is 0.481 e. The molecule has 0 amide bonds. The van der Waals surface area contributed by atoms with Gasteiger partial charge in [0.25, 0.3) is 0 Å². The van der Waals surface area contributed by atoms with Gasteiger partial charge in [0.05, 0.1) is 24.8 Å². The van der Waals surface area contributed by atoms with E-state index >= 15 is 0 Å². The predicted molar refractivity (Wildman–Crippen MR) is 123 cm³/mol. The van der Waals surface area contributed by atoms with Gasteiger partial charge in [0, 0.05) is 0 Å². The third kappa shape index (κ3) is 14.4. The molecule has 0 heterocycles. The van der Waals surface area contributed by atoms with Crippen molar-refractivity contribution in [1.82, 2.24) is 0 Å². The average molecular weight is 522 g/mol. The highest BCUT2D eigenvalue weighted by molar-refractivity contribution is 5.98. The molecule has 0 aliphatic rings. The van der Waals surface area contributed by atoms with E-state index in [1.54, 1.807) is 18.2 Å². The fourth-order valence-corrected chi connectivity index (χ4v) is 2.25. The minimum atomic E-state index is -2.83. The van der Waals surface area contributed by atoms with Gasteiger partial charge in [0.2, 0.25) is 0 Å². The maximum Gasteiger partial charge on any atom is 0.345 e. The van der Waals surface area contributed by atoms with Crippen LogP contribution in [0.5, 0.6) is 0 Å². The Bertz CT molecular complexity index is 1060. The molecular weight excluding hydrogens is 496 g/mol. The summed E-state index contributed by atoms with van der Waals surface area (Å²) in [5, 5.41) is 51.1. The molecule has 2 atom stereocenters. The van der Waals surface area contributed by atoms with E-state index in [2.05, 4.69) is 4.74 Å². The Balaban J connectivity index is 0.000000664. The van der Waals surface area contributed by atoms with Crippen LogP contribution in [0.2, 0.25) is 0 Å². The zero-order valence-corrected chi connectivity index (χ0v) is 19.5. The summed E-state index contributed by atoms with van der Waals surface area (Å²) >= 11 is 0. The van der Waals surface area contributed by atoms with Crippen LogP contribution in [0.4, 0.5) is 0 Å². The van der Waals surface area contributed by atoms with Crippen LogP contribution in [0.3, 0.4) is 0 Å². The Morgan fingerprint density at radius 1 is 0.784 bits per heavy atom. The van der Waals surface area contributed by atoms with Gasteiger partial charge in [0.15, 0.2) is 5.60 Å². The molecule has 0 saturated heterocycles. The first-order valence-corrected chi connectivity index (χ1v) is 10.3. The summed E-state index contributed by atoms with van der Waals surface area (Å²) in [4.78, 5) is 64.0. The summed E-state index contributed by atoms with van der Waals surface area (Å²) in [5.41, 5.74) is -1.93. The van der Waals surface area contributed by atoms with Crippen LogP contribution in [-0.4, -0.2) is 78.2 Å². The summed E-state index contributed by atoms with van der Waals surface area (Å²) in [6.45, 7) is 1.20. The smallest absolute Gasteiger partial charge is 0.345 e. The van der Waals surface area contributed by atoms with Gasteiger partial charge in [-0.05, 0) is 24.6 Å². The Labute approximate surface area is 210 Å². The highest BCUT2D eigenvalue weighted by Gasteiger charge is 2.41. The molecule has 2 aromatic rings. The summed E-state index contributed by atoms with van der Waals surface area (Å²) in [7, 11) is 0. The van der Waals surface area contributed by atoms with Gasteiger partial charge >= 0.3 is 35.8 Å². The van der Waals surface area contributed by atoms with Crippen molar-refractivity contribution < 1.29 is 64.1 Å². The normalized spacial score (nSPS) is 12.1. The molecule has 13 heteroatoms. The Hall–Kier alpha value is -4.62. The quantitative estimate of drug-likeness (QED) is 0.198. The lowest BCUT2D eigenvalue weighted by Gasteiger charge is -2.19. The molecule has 0 radical (unpaired) electrons. The van der Waals surface area contributed by atoms with Gasteiger partial charge in [-0.25, -0.2) is 14.4 Å². The molecule has 200 valence electrons. The Morgan fingerprint density at radius 3 is 1.62 bits per heavy atom. The van der Waals surface area contributed by atoms with E-state index in [0.29, 0.717) is 0 Å². The number of hydrogen-bond acceptors (Lipinski definition) is 9. The maximum absolute atomic E-state index is 11.5. The maximum atomic E-state index is 11.5. The molecule has 0 aliphatic heterocycles. The van der Waals surface area contributed by atoms with Crippen LogP contribution in [-0.2, 0) is 35.1 Å². The number of carboxylic acids is 4. The zero-order chi connectivity index (χ0) is 28.6. The summed E-state index contributed by atoms with van der Waals surface area (Å²) < 4.78 is 4.37. The van der Waals surface area contributed by atoms with Gasteiger partial charge < -0.3 is 35.4 Å². The minimum absolute atomic E-state index is 0.0583. The monoisotopic (exact) mass is 522 g/mol. The van der Waals surface area contributed by atoms with Gasteiger partial charge in [-0.2, -0.15) is 0 Å². The predicted octanol–water partition coefficient (Wildman–Crippen LogP) is 0.816. The lowest BCUT2D eigenvalue weighted by Crippen LogP contribution is -2.43. The van der Waals surface area contributed by atoms with Crippen LogP contribution in [0, 0.1) is 0 Å². The fraction of sp³-hybridized carbons (Fsp3) is 0.250. The Morgan fingerprint density at radius 2 is 1.24 bits per heavy atom. The molecule has 0 saturated carbocycles. The number of aliphatic hydroxyl groups is 2. The first kappa shape index (κ1) is 32.4. The zero-order valence-electron chi connectivity index (χ0n) is 19.5. The van der Waals surface area contributed by atoms with Crippen molar-refractivity contribution in [2.24, 2.45) is 0 Å². The molecule has 0 bridgehead atoms. The average Bonchev–Trinajstić information content (AvgIpc) is 2.80. The van der Waals surface area contributed by atoms with E-state index < -0.39 is 60.4 Å². The molecule has 13 nitrogen and oxygen atoms in total. The molecular formula is C24H26O13. The molecule has 2 rings (SSSR count). The molecule has 0 spiro atoms. The van der Waals surface area contributed by atoms with Gasteiger partial charge in [-0.15, -0.1) is 0 Å². The lowest BCUT2D eigenvalue weighted by atomic mass is 9.96. The van der Waals surface area contributed by atoms with E-state index in [0.717, 1.165) is 5.56 Å². The SMILES string of the molecule is CC(O)C(=O)O.O=C(O)CC(O)(CC(=O)OC(=O)c1ccccc1)C(=O)O.O=C(O)Cc1ccccc1. The minimum Gasteiger partial charge on any atom is -0.481 e. The molecule has 2 unspecified atom stereocenters. The standard InChI is InChI=1S/C13H12O8.C8H8O2.C3H6O3/c14-9(15)6-13(20,12(18)19)7-10(16)21-11(17)8-4-2-1-3-5-8;9-8(10)6-7-4-2-1-3-5-7;1-2(4)3(5)6/h1-5,20H,6-7H2,(H,14,15)(H,18,19);1-5H,6H2,(H,9,10);2,4H,1H3,(H,5,6). The van der Waals surface area contributed by atoms with Crippen LogP contribution in [0.25, 0.3) is 0 Å². The van der Waals surface area contributed by atoms with Crippen molar-refractivity contribution in [3.05, 3.63) is 71.8 Å². The fourth-order valence-electron chi connectivity index (χ4n) is 2.25. The number of carboxylic acid groups (broad SMARTS) is 4. The number of aliphatic carboxylic acids is 4. The van der Waals surface area contributed by atoms with Gasteiger partial charge in [-0.3, -0.25) is 14.4 Å². The molecule has 0 fully saturated rings. The van der Waals surface area contributed by atoms with Crippen molar-refractivity contribution in [3.63, 3.8) is 0 Å². The van der Waals surface area contributed by atoms with Crippen molar-refractivity contribution in [2.75, 3.05) is 0 Å². The third-order valence-corrected chi connectivity index (χ3v) is 4.05. The van der Waals surface area contributed by atoms with E-state index in [4.69, 9.17) is 25.5 Å². The van der Waals surface area contributed by atoms with E-state index in [-0.39, 0.29) is 12.0 Å². The van der Waals surface area contributed by atoms with Gasteiger partial charge in [0.1, 0.15) is 6.10 Å². The first-order valence-electron chi connectivity index (χ1n) is 10.3. The summed E-state index contributed by atoms with van der Waals surface area (Å²) in [5.74, 6) is -7.84. The van der Waals surface area contributed by atoms with E-state index in [9.17, 15) is 33.9 Å². The lowest BCUT2D eigenvalue weighted by molar-refractivity contribution is -0.170. The number of aliphatic hydroxyl groups excluding tert-OH is 1. The third-order valence-electron chi connectivity index (χ3n) is 4.05. The summed E-state index contributed by atoms with van der Waals surface area (Å²) in [6, 6.07) is 16.6. The van der Waals surface area contributed by atoms with Gasteiger partial charge in [-0.1, -0.05) is 48.5 Å². The van der Waals surface area contributed by atoms with Crippen LogP contribution >= 0.6 is 0 Å². The van der Waals surface area contributed by atoms with E-state index in [1.165, 1.54) is 31.2 Å². The van der Waals surface area contributed by atoms with Crippen LogP contribution in [0.1, 0.15) is 35.7 Å². The first-order chi connectivity index (χ1) is 17.2. The van der Waals surface area contributed by atoms with Crippen LogP contribution in [0.15, 0.2) is 60.7 Å². The topological polar surface area (TPSA) is 233 Å². The van der Waals surface area contributed by atoms with E-state index in [1.807, 2.05) is 18.2 Å². The van der Waals surface area contributed by atoms with Crippen molar-refractivity contribution in [3.8, 4) is 0 Å². The second kappa shape index (κ2) is 16.1. The molecule has 0 aromatic heterocycles. The second-order valence-electron chi connectivity index (χ2n) is 7.28. The van der Waals surface area contributed by atoms with Crippen LogP contribution < -0.4 is 0 Å². The highest BCUT2D eigenvalue weighted by Crippen LogP contribution is 2.17. The highest BCUT2D eigenvalue weighted by atomic mass is 16.6. The number of carbonyl (C=O) groups excluding carboxylic acids is 2. The number of hydrogen-bond donors (Lipinski definition) is 6. The number of ether oxygens (including phenoxy) is 1. The Kier molecular flexibility index (Phi) is 14.1. The molecule has 2 aromatic carbocycles. The van der Waals surface area contributed by atoms with Crippen molar-refractivity contribution in [2.45, 2.75) is 37.9 Å². The number of rotatable bonds is 9.